The van der Waals surface area contributed by atoms with Crippen molar-refractivity contribution in [2.75, 3.05) is 0 Å². The molecule has 5 aromatic carbocycles. The minimum Gasteiger partial charge on any atom is -0.212 e. The van der Waals surface area contributed by atoms with Crippen molar-refractivity contribution in [3.8, 4) is 33.9 Å². The molecule has 2 heterocycles. The van der Waals surface area contributed by atoms with E-state index in [1.165, 1.54) is 70.3 Å². The molecule has 2 aromatic heterocycles. The number of benzene rings is 5. The van der Waals surface area contributed by atoms with Crippen LogP contribution in [0.4, 0.5) is 0 Å². The Morgan fingerprint density at radius 2 is 1.48 bits per heavy atom. The van der Waals surface area contributed by atoms with Gasteiger partial charge in [0.05, 0.1) is 0 Å². The minimum atomic E-state index is 0.135. The number of rotatable bonds is 5. The SMILES string of the molecule is C/C=C\C(=C1/Cc2ccccc2-c2ccccc21)c1cc2c(sc3cc(-c4nc(-c5ccccc5)nc(C5C=CC=CC5)n4)ccc32)c2c1C2. The van der Waals surface area contributed by atoms with Crippen LogP contribution in [0.1, 0.15) is 52.9 Å². The normalized spacial score (nSPS) is 16.9. The van der Waals surface area contributed by atoms with Gasteiger partial charge in [0.15, 0.2) is 11.6 Å². The zero-order chi connectivity index (χ0) is 33.2. The predicted molar refractivity (Wildman–Crippen MR) is 209 cm³/mol. The number of hydrogen-bond donors (Lipinski definition) is 0. The quantitative estimate of drug-likeness (QED) is 0.185. The Morgan fingerprint density at radius 1 is 0.700 bits per heavy atom. The first kappa shape index (κ1) is 29.2. The highest BCUT2D eigenvalue weighted by Crippen LogP contribution is 2.50. The third kappa shape index (κ3) is 4.82. The summed E-state index contributed by atoms with van der Waals surface area (Å²) in [5.41, 5.74) is 14.6. The Bertz CT molecular complexity index is 2640. The molecule has 1 atom stereocenters. The molecule has 4 heteroatoms. The summed E-state index contributed by atoms with van der Waals surface area (Å²) in [4.78, 5) is 15.1. The average molecular weight is 660 g/mol. The fourth-order valence-electron chi connectivity index (χ4n) is 7.84. The van der Waals surface area contributed by atoms with Gasteiger partial charge in [-0.05, 0) is 82.0 Å². The summed E-state index contributed by atoms with van der Waals surface area (Å²) in [5, 5.41) is 2.64. The summed E-state index contributed by atoms with van der Waals surface area (Å²) in [6.07, 6.45) is 16.0. The molecule has 0 bridgehead atoms. The van der Waals surface area contributed by atoms with Crippen LogP contribution in [0.5, 0.6) is 0 Å². The van der Waals surface area contributed by atoms with Gasteiger partial charge in [-0.15, -0.1) is 11.3 Å². The second kappa shape index (κ2) is 11.7. The molecule has 3 aliphatic carbocycles. The van der Waals surface area contributed by atoms with Gasteiger partial charge in [0.25, 0.3) is 0 Å². The zero-order valence-electron chi connectivity index (χ0n) is 27.7. The van der Waals surface area contributed by atoms with E-state index >= 15 is 0 Å². The van der Waals surface area contributed by atoms with Gasteiger partial charge >= 0.3 is 0 Å². The van der Waals surface area contributed by atoms with Crippen LogP contribution in [-0.2, 0) is 12.8 Å². The number of fused-ring (bicyclic) bond motifs is 8. The first-order chi connectivity index (χ1) is 24.7. The molecule has 0 spiro atoms. The predicted octanol–water partition coefficient (Wildman–Crippen LogP) is 11.8. The summed E-state index contributed by atoms with van der Waals surface area (Å²) in [5.74, 6) is 2.40. The lowest BCUT2D eigenvalue weighted by atomic mass is 9.79. The fourth-order valence-corrected chi connectivity index (χ4v) is 9.13. The van der Waals surface area contributed by atoms with E-state index in [1.54, 1.807) is 0 Å². The summed E-state index contributed by atoms with van der Waals surface area (Å²) in [6, 6.07) is 37.3. The second-order valence-corrected chi connectivity index (χ2v) is 14.4. The minimum absolute atomic E-state index is 0.135. The van der Waals surface area contributed by atoms with E-state index in [1.807, 2.05) is 29.5 Å². The summed E-state index contributed by atoms with van der Waals surface area (Å²) >= 11 is 1.91. The van der Waals surface area contributed by atoms with E-state index in [-0.39, 0.29) is 5.92 Å². The van der Waals surface area contributed by atoms with Gasteiger partial charge in [0.1, 0.15) is 5.82 Å². The van der Waals surface area contributed by atoms with Gasteiger partial charge < -0.3 is 0 Å². The van der Waals surface area contributed by atoms with Crippen LogP contribution in [0.2, 0.25) is 0 Å². The molecule has 3 aliphatic rings. The lowest BCUT2D eigenvalue weighted by molar-refractivity contribution is 0.764. The smallest absolute Gasteiger partial charge is 0.163 e. The van der Waals surface area contributed by atoms with Crippen molar-refractivity contribution in [1.29, 1.82) is 0 Å². The molecule has 0 radical (unpaired) electrons. The van der Waals surface area contributed by atoms with Crippen LogP contribution in [0.15, 0.2) is 140 Å². The Balaban J connectivity index is 1.11. The molecular formula is C46H33N3S. The Morgan fingerprint density at radius 3 is 2.30 bits per heavy atom. The lowest BCUT2D eigenvalue weighted by Gasteiger charge is -2.25. The van der Waals surface area contributed by atoms with E-state index in [0.717, 1.165) is 47.9 Å². The first-order valence-corrected chi connectivity index (χ1v) is 18.2. The van der Waals surface area contributed by atoms with Gasteiger partial charge in [-0.1, -0.05) is 127 Å². The monoisotopic (exact) mass is 659 g/mol. The molecule has 0 fully saturated rings. The van der Waals surface area contributed by atoms with Gasteiger partial charge in [-0.25, -0.2) is 15.0 Å². The van der Waals surface area contributed by atoms with Crippen molar-refractivity contribution < 1.29 is 0 Å². The van der Waals surface area contributed by atoms with Crippen LogP contribution in [0.3, 0.4) is 0 Å². The maximum Gasteiger partial charge on any atom is 0.163 e. The van der Waals surface area contributed by atoms with E-state index in [2.05, 4.69) is 128 Å². The molecular weight excluding hydrogens is 627 g/mol. The highest BCUT2D eigenvalue weighted by atomic mass is 32.1. The third-order valence-corrected chi connectivity index (χ3v) is 11.6. The molecule has 0 saturated carbocycles. The number of allylic oxidation sites excluding steroid dienone is 8. The molecule has 238 valence electrons. The maximum atomic E-state index is 5.07. The highest BCUT2D eigenvalue weighted by molar-refractivity contribution is 7.26. The number of hydrogen-bond acceptors (Lipinski definition) is 4. The molecule has 7 aromatic rings. The van der Waals surface area contributed by atoms with Gasteiger partial charge in [0, 0.05) is 43.6 Å². The molecule has 10 rings (SSSR count). The summed E-state index contributed by atoms with van der Waals surface area (Å²) in [7, 11) is 0. The fraction of sp³-hybridized carbons (Fsp3) is 0.109. The third-order valence-electron chi connectivity index (χ3n) is 10.3. The number of nitrogens with zero attached hydrogens (tertiary/aromatic N) is 3. The van der Waals surface area contributed by atoms with Crippen molar-refractivity contribution in [1.82, 2.24) is 15.0 Å². The molecule has 3 nitrogen and oxygen atoms in total. The first-order valence-electron chi connectivity index (χ1n) is 17.4. The molecule has 0 amide bonds. The van der Waals surface area contributed by atoms with E-state index in [0.29, 0.717) is 0 Å². The molecule has 0 saturated heterocycles. The Kier molecular flexibility index (Phi) is 6.85. The average Bonchev–Trinajstić information content (AvgIpc) is 3.91. The molecule has 0 aliphatic heterocycles. The number of thiophene rings is 1. The van der Waals surface area contributed by atoms with Crippen molar-refractivity contribution in [3.63, 3.8) is 0 Å². The molecule has 50 heavy (non-hydrogen) atoms. The zero-order valence-corrected chi connectivity index (χ0v) is 28.5. The molecule has 0 N–H and O–H groups in total. The van der Waals surface area contributed by atoms with E-state index in [4.69, 9.17) is 15.0 Å². The summed E-state index contributed by atoms with van der Waals surface area (Å²) < 4.78 is 2.68. The van der Waals surface area contributed by atoms with Crippen molar-refractivity contribution in [2.45, 2.75) is 32.1 Å². The van der Waals surface area contributed by atoms with Crippen molar-refractivity contribution in [3.05, 3.63) is 173 Å². The Hall–Kier alpha value is -5.71. The number of aromatic nitrogens is 3. The van der Waals surface area contributed by atoms with Crippen molar-refractivity contribution >= 4 is 42.7 Å². The van der Waals surface area contributed by atoms with Crippen LogP contribution in [-0.4, -0.2) is 15.0 Å². The van der Waals surface area contributed by atoms with Crippen molar-refractivity contribution in [2.24, 2.45) is 0 Å². The summed E-state index contributed by atoms with van der Waals surface area (Å²) in [6.45, 7) is 2.14. The molecule has 1 unspecified atom stereocenters. The standard InChI is InChI=1S/C46H33N3S/c1-2-13-33(37-24-30-18-9-10-19-32(30)34-20-11-12-21-35(34)37)38-26-40-36-23-22-31(25-42(36)50-43(40)41-27-39(38)41)46-48-44(28-14-5-3-6-15-28)47-45(49-46)29-16-7-4-8-17-29/h2-16,18-23,25-26,29H,17,24,27H2,1H3/b13-2-,37-33-. The van der Waals surface area contributed by atoms with Gasteiger partial charge in [-0.2, -0.15) is 0 Å². The lowest BCUT2D eigenvalue weighted by Crippen LogP contribution is -2.07. The van der Waals surface area contributed by atoms with Gasteiger partial charge in [0.2, 0.25) is 0 Å². The van der Waals surface area contributed by atoms with Crippen LogP contribution < -0.4 is 0 Å². The van der Waals surface area contributed by atoms with E-state index < -0.39 is 0 Å². The maximum absolute atomic E-state index is 5.07. The van der Waals surface area contributed by atoms with E-state index in [9.17, 15) is 0 Å². The topological polar surface area (TPSA) is 38.7 Å². The van der Waals surface area contributed by atoms with Crippen LogP contribution in [0.25, 0.3) is 65.2 Å². The van der Waals surface area contributed by atoms with Crippen LogP contribution >= 0.6 is 11.3 Å². The Labute approximate surface area is 295 Å². The van der Waals surface area contributed by atoms with Crippen LogP contribution in [0, 0.1) is 0 Å². The second-order valence-electron chi connectivity index (χ2n) is 13.4. The highest BCUT2D eigenvalue weighted by Gasteiger charge is 2.30. The van der Waals surface area contributed by atoms with Gasteiger partial charge in [-0.3, -0.25) is 0 Å². The largest absolute Gasteiger partial charge is 0.212 e.